The molecule has 0 atom stereocenters. The monoisotopic (exact) mass is 422 g/mol. The van der Waals surface area contributed by atoms with Gasteiger partial charge in [0, 0.05) is 46.8 Å². The molecule has 1 amide bonds. The van der Waals surface area contributed by atoms with Crippen LogP contribution in [0.4, 0.5) is 0 Å². The number of hydrogen-bond acceptors (Lipinski definition) is 5. The van der Waals surface area contributed by atoms with Crippen molar-refractivity contribution in [3.05, 3.63) is 69.1 Å². The Bertz CT molecular complexity index is 1230. The first-order valence-corrected chi connectivity index (χ1v) is 10.3. The minimum atomic E-state index is -0.533. The molecule has 3 heterocycles. The van der Waals surface area contributed by atoms with E-state index in [1.165, 1.54) is 10.9 Å². The zero-order valence-corrected chi connectivity index (χ0v) is 17.8. The van der Waals surface area contributed by atoms with Gasteiger partial charge >= 0.3 is 5.69 Å². The Morgan fingerprint density at radius 2 is 1.77 bits per heavy atom. The molecule has 31 heavy (non-hydrogen) atoms. The summed E-state index contributed by atoms with van der Waals surface area (Å²) in [6.45, 7) is 3.19. The maximum Gasteiger partial charge on any atom is 0.332 e. The average Bonchev–Trinajstić information content (AvgIpc) is 3.18. The molecule has 0 spiro atoms. The first-order valence-electron chi connectivity index (χ1n) is 10.3. The van der Waals surface area contributed by atoms with Crippen LogP contribution in [0.2, 0.25) is 0 Å². The Hall–Kier alpha value is -3.46. The molecule has 162 valence electrons. The van der Waals surface area contributed by atoms with Gasteiger partial charge in [0.05, 0.1) is 6.33 Å². The summed E-state index contributed by atoms with van der Waals surface area (Å²) in [6.07, 6.45) is 5.70. The van der Waals surface area contributed by atoms with Gasteiger partial charge in [-0.2, -0.15) is 0 Å². The van der Waals surface area contributed by atoms with E-state index in [1.54, 1.807) is 23.6 Å². The molecular weight excluding hydrogens is 396 g/mol. The smallest absolute Gasteiger partial charge is 0.332 e. The predicted octanol–water partition coefficient (Wildman–Crippen LogP) is 0.291. The van der Waals surface area contributed by atoms with Gasteiger partial charge in [-0.1, -0.05) is 42.5 Å². The lowest BCUT2D eigenvalue weighted by atomic mass is 10.2. The fourth-order valence-corrected chi connectivity index (χ4v) is 3.85. The van der Waals surface area contributed by atoms with E-state index in [2.05, 4.69) is 34.2 Å². The SMILES string of the molecule is Cn1cnc2c1c(=O)n(CC(=O)N1CCN(C/C=C/c3ccccc3)CC1)c(=O)n2C. The number of amides is 1. The zero-order valence-electron chi connectivity index (χ0n) is 17.8. The molecule has 4 rings (SSSR count). The van der Waals surface area contributed by atoms with Crippen LogP contribution in [0.25, 0.3) is 17.2 Å². The Balaban J connectivity index is 1.39. The standard InChI is InChI=1S/C22H26N6O3/c1-24-16-23-20-19(24)21(30)28(22(31)25(20)2)15-18(29)27-13-11-26(12-14-27)10-6-9-17-7-4-3-5-8-17/h3-9,16H,10-15H2,1-2H3/b9-6+. The maximum absolute atomic E-state index is 12.8. The number of aryl methyl sites for hydroxylation is 2. The second-order valence-corrected chi connectivity index (χ2v) is 7.76. The van der Waals surface area contributed by atoms with Crippen LogP contribution in [-0.2, 0) is 25.4 Å². The summed E-state index contributed by atoms with van der Waals surface area (Å²) in [6, 6.07) is 10.1. The highest BCUT2D eigenvalue weighted by Crippen LogP contribution is 2.06. The molecule has 1 fully saturated rings. The molecule has 0 radical (unpaired) electrons. The predicted molar refractivity (Wildman–Crippen MR) is 119 cm³/mol. The molecule has 0 unspecified atom stereocenters. The number of nitrogens with zero attached hydrogens (tertiary/aromatic N) is 6. The first kappa shape index (κ1) is 20.8. The molecule has 0 N–H and O–H groups in total. The van der Waals surface area contributed by atoms with Crippen molar-refractivity contribution in [2.24, 2.45) is 14.1 Å². The fourth-order valence-electron chi connectivity index (χ4n) is 3.85. The van der Waals surface area contributed by atoms with E-state index >= 15 is 0 Å². The Kier molecular flexibility index (Phi) is 5.85. The maximum atomic E-state index is 12.8. The Morgan fingerprint density at radius 3 is 2.48 bits per heavy atom. The van der Waals surface area contributed by atoms with Crippen LogP contribution in [0.15, 0.2) is 52.3 Å². The van der Waals surface area contributed by atoms with E-state index in [-0.39, 0.29) is 12.5 Å². The third-order valence-electron chi connectivity index (χ3n) is 5.69. The highest BCUT2D eigenvalue weighted by Gasteiger charge is 2.23. The molecule has 1 aliphatic rings. The number of carbonyl (C=O) groups is 1. The van der Waals surface area contributed by atoms with E-state index < -0.39 is 11.2 Å². The molecule has 1 aliphatic heterocycles. The van der Waals surface area contributed by atoms with Crippen LogP contribution in [0.5, 0.6) is 0 Å². The van der Waals surface area contributed by atoms with Crippen molar-refractivity contribution in [3.63, 3.8) is 0 Å². The van der Waals surface area contributed by atoms with Crippen LogP contribution in [0.1, 0.15) is 5.56 Å². The highest BCUT2D eigenvalue weighted by atomic mass is 16.2. The van der Waals surface area contributed by atoms with Gasteiger partial charge in [-0.25, -0.2) is 14.3 Å². The highest BCUT2D eigenvalue weighted by molar-refractivity contribution is 5.77. The largest absolute Gasteiger partial charge is 0.339 e. The Labute approximate surface area is 179 Å². The summed E-state index contributed by atoms with van der Waals surface area (Å²) in [4.78, 5) is 46.3. The van der Waals surface area contributed by atoms with Crippen molar-refractivity contribution < 1.29 is 4.79 Å². The minimum Gasteiger partial charge on any atom is -0.339 e. The van der Waals surface area contributed by atoms with Crippen LogP contribution < -0.4 is 11.2 Å². The van der Waals surface area contributed by atoms with Crippen LogP contribution in [0, 0.1) is 0 Å². The number of benzene rings is 1. The Morgan fingerprint density at radius 1 is 1.06 bits per heavy atom. The van der Waals surface area contributed by atoms with Crippen molar-refractivity contribution in [1.29, 1.82) is 0 Å². The molecule has 9 heteroatoms. The number of imidazole rings is 1. The lowest BCUT2D eigenvalue weighted by Crippen LogP contribution is -2.51. The van der Waals surface area contributed by atoms with Gasteiger partial charge in [0.15, 0.2) is 11.2 Å². The number of rotatable bonds is 5. The summed E-state index contributed by atoms with van der Waals surface area (Å²) in [5.41, 5.74) is 0.766. The molecule has 0 saturated carbocycles. The third-order valence-corrected chi connectivity index (χ3v) is 5.69. The first-order chi connectivity index (χ1) is 15.0. The van der Waals surface area contributed by atoms with E-state index in [9.17, 15) is 14.4 Å². The van der Waals surface area contributed by atoms with Crippen molar-refractivity contribution in [2.75, 3.05) is 32.7 Å². The molecule has 0 bridgehead atoms. The number of aromatic nitrogens is 4. The van der Waals surface area contributed by atoms with Gasteiger partial charge in [-0.3, -0.25) is 19.1 Å². The van der Waals surface area contributed by atoms with Crippen LogP contribution in [0.3, 0.4) is 0 Å². The van der Waals surface area contributed by atoms with E-state index in [0.29, 0.717) is 24.3 Å². The minimum absolute atomic E-state index is 0.222. The van der Waals surface area contributed by atoms with E-state index in [4.69, 9.17) is 0 Å². The number of fused-ring (bicyclic) bond motifs is 1. The van der Waals surface area contributed by atoms with Crippen molar-refractivity contribution in [2.45, 2.75) is 6.54 Å². The summed E-state index contributed by atoms with van der Waals surface area (Å²) < 4.78 is 3.88. The topological polar surface area (TPSA) is 85.4 Å². The summed E-state index contributed by atoms with van der Waals surface area (Å²) in [7, 11) is 3.25. The summed E-state index contributed by atoms with van der Waals surface area (Å²) in [5.74, 6) is -0.222. The lowest BCUT2D eigenvalue weighted by Gasteiger charge is -2.34. The molecule has 9 nitrogen and oxygen atoms in total. The number of piperazine rings is 1. The average molecular weight is 422 g/mol. The number of carbonyl (C=O) groups excluding carboxylic acids is 1. The second kappa shape index (κ2) is 8.73. The molecule has 1 aromatic carbocycles. The van der Waals surface area contributed by atoms with Gasteiger partial charge in [0.2, 0.25) is 5.91 Å². The molecule has 1 saturated heterocycles. The second-order valence-electron chi connectivity index (χ2n) is 7.76. The molecule has 3 aromatic rings. The van der Waals surface area contributed by atoms with Gasteiger partial charge in [0.1, 0.15) is 6.54 Å². The van der Waals surface area contributed by atoms with Gasteiger partial charge in [-0.15, -0.1) is 0 Å². The third kappa shape index (κ3) is 4.22. The van der Waals surface area contributed by atoms with E-state index in [1.807, 2.05) is 18.2 Å². The fraction of sp³-hybridized carbons (Fsp3) is 0.364. The molecular formula is C22H26N6O3. The van der Waals surface area contributed by atoms with Crippen molar-refractivity contribution in [1.82, 2.24) is 28.5 Å². The molecule has 0 aliphatic carbocycles. The van der Waals surface area contributed by atoms with E-state index in [0.717, 1.165) is 29.8 Å². The summed E-state index contributed by atoms with van der Waals surface area (Å²) in [5, 5.41) is 0. The van der Waals surface area contributed by atoms with Crippen LogP contribution >= 0.6 is 0 Å². The normalized spacial score (nSPS) is 15.2. The van der Waals surface area contributed by atoms with Crippen LogP contribution in [-0.4, -0.2) is 67.1 Å². The number of hydrogen-bond donors (Lipinski definition) is 0. The quantitative estimate of drug-likeness (QED) is 0.590. The van der Waals surface area contributed by atoms with Gasteiger partial charge < -0.3 is 9.47 Å². The molecule has 2 aromatic heterocycles. The van der Waals surface area contributed by atoms with Gasteiger partial charge in [-0.05, 0) is 5.56 Å². The summed E-state index contributed by atoms with van der Waals surface area (Å²) >= 11 is 0. The van der Waals surface area contributed by atoms with Gasteiger partial charge in [0.25, 0.3) is 5.56 Å². The van der Waals surface area contributed by atoms with Crippen molar-refractivity contribution >= 4 is 23.1 Å². The van der Waals surface area contributed by atoms with Crippen molar-refractivity contribution in [3.8, 4) is 0 Å². The zero-order chi connectivity index (χ0) is 22.0. The lowest BCUT2D eigenvalue weighted by molar-refractivity contribution is -0.133.